The second-order valence-corrected chi connectivity index (χ2v) is 13.1. The number of amides is 2. The number of para-hydroxylation sites is 1. The number of nitrogens with one attached hydrogen (secondary N) is 1. The predicted octanol–water partition coefficient (Wildman–Crippen LogP) is 2.79. The van der Waals surface area contributed by atoms with E-state index in [1.807, 2.05) is 30.3 Å². The monoisotopic (exact) mass is 604 g/mol. The number of hydrogen-bond acceptors (Lipinski definition) is 7. The Balaban J connectivity index is 1.21. The van der Waals surface area contributed by atoms with Crippen molar-refractivity contribution in [3.05, 3.63) is 89.8 Å². The number of carbonyl (C=O) groups is 3. The lowest BCUT2D eigenvalue weighted by Crippen LogP contribution is -2.62. The van der Waals surface area contributed by atoms with E-state index in [9.17, 15) is 28.0 Å². The molecule has 2 saturated heterocycles. The summed E-state index contributed by atoms with van der Waals surface area (Å²) in [5.74, 6) is 0.0384. The summed E-state index contributed by atoms with van der Waals surface area (Å²) >= 11 is 0. The van der Waals surface area contributed by atoms with Crippen LogP contribution in [0.3, 0.4) is 0 Å². The molecule has 3 aliphatic rings. The van der Waals surface area contributed by atoms with Crippen LogP contribution in [0.15, 0.2) is 84.0 Å². The Hall–Kier alpha value is -4.29. The summed E-state index contributed by atoms with van der Waals surface area (Å²) in [6.07, 6.45) is 4.54. The van der Waals surface area contributed by atoms with Gasteiger partial charge >= 0.3 is 15.0 Å². The zero-order chi connectivity index (χ0) is 30.2. The van der Waals surface area contributed by atoms with Crippen LogP contribution in [0.5, 0.6) is 11.5 Å². The van der Waals surface area contributed by atoms with E-state index in [1.54, 1.807) is 24.3 Å². The molecule has 2 unspecified atom stereocenters. The predicted molar refractivity (Wildman–Crippen MR) is 154 cm³/mol. The summed E-state index contributed by atoms with van der Waals surface area (Å²) < 4.78 is 33.9. The molecule has 1 saturated carbocycles. The molecule has 11 nitrogen and oxygen atoms in total. The fourth-order valence-electron chi connectivity index (χ4n) is 6.46. The number of rotatable bonds is 7. The molecule has 1 aromatic heterocycles. The highest BCUT2D eigenvalue weighted by Gasteiger charge is 2.57. The van der Waals surface area contributed by atoms with Crippen molar-refractivity contribution in [3.63, 3.8) is 0 Å². The van der Waals surface area contributed by atoms with Crippen molar-refractivity contribution in [2.75, 3.05) is 13.1 Å². The number of pyridine rings is 1. The molecule has 224 valence electrons. The van der Waals surface area contributed by atoms with E-state index in [0.29, 0.717) is 29.9 Å². The van der Waals surface area contributed by atoms with Crippen molar-refractivity contribution in [3.8, 4) is 11.5 Å². The molecular weight excluding hydrogens is 572 g/mol. The maximum Gasteiger partial charge on any atom is 0.323 e. The maximum absolute atomic E-state index is 14.2. The lowest BCUT2D eigenvalue weighted by Gasteiger charge is -2.40. The van der Waals surface area contributed by atoms with Crippen molar-refractivity contribution in [2.45, 2.75) is 61.2 Å². The molecule has 0 radical (unpaired) electrons. The smallest absolute Gasteiger partial charge is 0.323 e. The standard InChI is InChI=1S/C31H32N4O7S/c36-26-21-35(43(40,41)27-11-5-8-19-34(27)39)25-16-20-33(28(25)26)30(38)31(17-6-2-7-18-31)32-29(37)22-12-14-24(15-13-22)42-23-9-3-1-4-10-23/h1,3-5,8-15,19,25,28H,2,6-7,16-18,20-21H2,(H,32,37). The number of hydrogen-bond donors (Lipinski definition) is 1. The highest BCUT2D eigenvalue weighted by Crippen LogP contribution is 2.38. The van der Waals surface area contributed by atoms with E-state index in [2.05, 4.69) is 5.32 Å². The molecule has 6 rings (SSSR count). The van der Waals surface area contributed by atoms with Crippen LogP contribution in [0.25, 0.3) is 0 Å². The van der Waals surface area contributed by atoms with Crippen LogP contribution in [0.4, 0.5) is 0 Å². The molecule has 3 aromatic rings. The maximum atomic E-state index is 14.2. The molecular formula is C31H32N4O7S. The molecule has 3 heterocycles. The van der Waals surface area contributed by atoms with Gasteiger partial charge in [0.2, 0.25) is 5.91 Å². The summed E-state index contributed by atoms with van der Waals surface area (Å²) in [7, 11) is -4.28. The quantitative estimate of drug-likeness (QED) is 0.323. The zero-order valence-electron chi connectivity index (χ0n) is 23.4. The summed E-state index contributed by atoms with van der Waals surface area (Å²) in [5, 5.41) is 14.8. The minimum Gasteiger partial charge on any atom is -0.618 e. The lowest BCUT2D eigenvalue weighted by atomic mass is 9.80. The highest BCUT2D eigenvalue weighted by atomic mass is 32.2. The Morgan fingerprint density at radius 1 is 0.930 bits per heavy atom. The first-order valence-corrected chi connectivity index (χ1v) is 15.8. The average molecular weight is 605 g/mol. The molecule has 0 spiro atoms. The molecule has 2 aromatic carbocycles. The van der Waals surface area contributed by atoms with Gasteiger partial charge in [0, 0.05) is 24.2 Å². The number of nitrogens with zero attached hydrogens (tertiary/aromatic N) is 3. The largest absolute Gasteiger partial charge is 0.618 e. The van der Waals surface area contributed by atoms with E-state index in [0.717, 1.165) is 29.8 Å². The lowest BCUT2D eigenvalue weighted by molar-refractivity contribution is -0.646. The Kier molecular flexibility index (Phi) is 7.65. The first kappa shape index (κ1) is 28.8. The fourth-order valence-corrected chi connectivity index (χ4v) is 8.12. The summed E-state index contributed by atoms with van der Waals surface area (Å²) in [4.78, 5) is 42.4. The van der Waals surface area contributed by atoms with Gasteiger partial charge in [-0.2, -0.15) is 9.04 Å². The fraction of sp³-hybridized carbons (Fsp3) is 0.355. The molecule has 1 N–H and O–H groups in total. The highest BCUT2D eigenvalue weighted by molar-refractivity contribution is 7.89. The zero-order valence-corrected chi connectivity index (χ0v) is 24.2. The van der Waals surface area contributed by atoms with Crippen molar-refractivity contribution < 1.29 is 32.3 Å². The van der Waals surface area contributed by atoms with E-state index in [1.165, 1.54) is 23.1 Å². The van der Waals surface area contributed by atoms with Gasteiger partial charge in [0.25, 0.3) is 5.91 Å². The molecule has 3 fully saturated rings. The van der Waals surface area contributed by atoms with Crippen LogP contribution in [-0.4, -0.2) is 65.9 Å². The van der Waals surface area contributed by atoms with Crippen LogP contribution in [0, 0.1) is 5.21 Å². The SMILES string of the molecule is O=C(NC1(C(=O)N2CCC3C2C(=O)CN3S(=O)(=O)c2cccc[n+]2[O-])CCCCC1)c1ccc(Oc2ccccc2)cc1. The number of sulfonamides is 1. The molecule has 0 bridgehead atoms. The van der Waals surface area contributed by atoms with Crippen molar-refractivity contribution in [2.24, 2.45) is 0 Å². The van der Waals surface area contributed by atoms with Gasteiger partial charge in [0.1, 0.15) is 23.1 Å². The van der Waals surface area contributed by atoms with Gasteiger partial charge < -0.3 is 20.2 Å². The number of carbonyl (C=O) groups excluding carboxylic acids is 3. The van der Waals surface area contributed by atoms with Gasteiger partial charge in [0.05, 0.1) is 12.6 Å². The molecule has 43 heavy (non-hydrogen) atoms. The molecule has 2 amide bonds. The van der Waals surface area contributed by atoms with Gasteiger partial charge in [-0.15, -0.1) is 0 Å². The topological polar surface area (TPSA) is 140 Å². The van der Waals surface area contributed by atoms with E-state index < -0.39 is 50.9 Å². The van der Waals surface area contributed by atoms with E-state index in [-0.39, 0.29) is 23.6 Å². The normalized spacial score (nSPS) is 21.8. The number of aromatic nitrogens is 1. The first-order chi connectivity index (χ1) is 20.7. The summed E-state index contributed by atoms with van der Waals surface area (Å²) in [6.45, 7) is -0.256. The van der Waals surface area contributed by atoms with Gasteiger partial charge in [-0.1, -0.05) is 37.5 Å². The Bertz CT molecular complexity index is 1640. The number of fused-ring (bicyclic) bond motifs is 1. The van der Waals surface area contributed by atoms with Crippen LogP contribution < -0.4 is 14.8 Å². The van der Waals surface area contributed by atoms with Crippen molar-refractivity contribution >= 4 is 27.6 Å². The number of ketones is 1. The van der Waals surface area contributed by atoms with Crippen LogP contribution >= 0.6 is 0 Å². The number of benzene rings is 2. The van der Waals surface area contributed by atoms with E-state index >= 15 is 0 Å². The van der Waals surface area contributed by atoms with Crippen molar-refractivity contribution in [1.29, 1.82) is 0 Å². The average Bonchev–Trinajstić information content (AvgIpc) is 3.59. The van der Waals surface area contributed by atoms with E-state index in [4.69, 9.17) is 4.74 Å². The van der Waals surface area contributed by atoms with Crippen LogP contribution in [-0.2, 0) is 19.6 Å². The van der Waals surface area contributed by atoms with Crippen LogP contribution in [0.1, 0.15) is 48.9 Å². The Morgan fingerprint density at radius 2 is 1.60 bits per heavy atom. The third-order valence-electron chi connectivity index (χ3n) is 8.56. The van der Waals surface area contributed by atoms with Gasteiger partial charge in [-0.25, -0.2) is 8.42 Å². The number of likely N-dealkylation sites (tertiary alicyclic amines) is 1. The number of ether oxygens (including phenoxy) is 1. The summed E-state index contributed by atoms with van der Waals surface area (Å²) in [5.41, 5.74) is -0.853. The second kappa shape index (κ2) is 11.4. The summed E-state index contributed by atoms with van der Waals surface area (Å²) in [6, 6.07) is 18.2. The minimum atomic E-state index is -4.28. The molecule has 1 aliphatic carbocycles. The van der Waals surface area contributed by atoms with Gasteiger partial charge in [0.15, 0.2) is 12.0 Å². The molecule has 2 aliphatic heterocycles. The van der Waals surface area contributed by atoms with Gasteiger partial charge in [-0.05, 0) is 61.7 Å². The Labute approximate surface area is 249 Å². The molecule has 12 heteroatoms. The minimum absolute atomic E-state index is 0.168. The second-order valence-electron chi connectivity index (χ2n) is 11.2. The Morgan fingerprint density at radius 3 is 2.30 bits per heavy atom. The van der Waals surface area contributed by atoms with Gasteiger partial charge in [-0.3, -0.25) is 14.4 Å². The first-order valence-electron chi connectivity index (χ1n) is 14.4. The molecule has 2 atom stereocenters. The van der Waals surface area contributed by atoms with Crippen LogP contribution in [0.2, 0.25) is 0 Å². The third kappa shape index (κ3) is 5.36. The number of Topliss-reactive ketones (excluding diaryl/α,β-unsaturated/α-hetero) is 1. The third-order valence-corrected chi connectivity index (χ3v) is 10.4. The van der Waals surface area contributed by atoms with Crippen molar-refractivity contribution in [1.82, 2.24) is 14.5 Å².